The SMILES string of the molecule is C=C(C1CCCC1)N1CCCCC1. The molecule has 0 aromatic carbocycles. The summed E-state index contributed by atoms with van der Waals surface area (Å²) in [5.41, 5.74) is 1.46. The summed E-state index contributed by atoms with van der Waals surface area (Å²) >= 11 is 0. The summed E-state index contributed by atoms with van der Waals surface area (Å²) in [5.74, 6) is 0.832. The van der Waals surface area contributed by atoms with Crippen LogP contribution in [0, 0.1) is 5.92 Å². The number of hydrogen-bond donors (Lipinski definition) is 0. The summed E-state index contributed by atoms with van der Waals surface area (Å²) in [4.78, 5) is 2.54. The van der Waals surface area contributed by atoms with Gasteiger partial charge in [0, 0.05) is 18.8 Å². The van der Waals surface area contributed by atoms with Crippen molar-refractivity contribution in [1.82, 2.24) is 4.90 Å². The minimum Gasteiger partial charge on any atom is -0.375 e. The van der Waals surface area contributed by atoms with Crippen LogP contribution in [0.2, 0.25) is 0 Å². The first-order valence-electron chi connectivity index (χ1n) is 5.81. The van der Waals surface area contributed by atoms with Crippen molar-refractivity contribution in [1.29, 1.82) is 0 Å². The minimum atomic E-state index is 0.832. The molecular formula is C12H21N. The van der Waals surface area contributed by atoms with Crippen LogP contribution in [0.15, 0.2) is 12.3 Å². The molecule has 2 aliphatic rings. The molecule has 0 unspecified atom stereocenters. The summed E-state index contributed by atoms with van der Waals surface area (Å²) in [7, 11) is 0. The summed E-state index contributed by atoms with van der Waals surface area (Å²) in [6, 6.07) is 0. The molecule has 0 aromatic rings. The summed E-state index contributed by atoms with van der Waals surface area (Å²) in [6.07, 6.45) is 9.84. The van der Waals surface area contributed by atoms with E-state index < -0.39 is 0 Å². The summed E-state index contributed by atoms with van der Waals surface area (Å²) in [6.45, 7) is 6.83. The van der Waals surface area contributed by atoms with Crippen molar-refractivity contribution in [3.8, 4) is 0 Å². The van der Waals surface area contributed by atoms with Gasteiger partial charge in [0.2, 0.25) is 0 Å². The summed E-state index contributed by atoms with van der Waals surface area (Å²) < 4.78 is 0. The van der Waals surface area contributed by atoms with E-state index in [0.29, 0.717) is 0 Å². The lowest BCUT2D eigenvalue weighted by atomic mass is 10.0. The lowest BCUT2D eigenvalue weighted by Gasteiger charge is -2.33. The van der Waals surface area contributed by atoms with Gasteiger partial charge in [0.05, 0.1) is 0 Å². The van der Waals surface area contributed by atoms with E-state index in [1.165, 1.54) is 63.7 Å². The van der Waals surface area contributed by atoms with Crippen LogP contribution in [-0.4, -0.2) is 18.0 Å². The van der Waals surface area contributed by atoms with Crippen LogP contribution in [-0.2, 0) is 0 Å². The molecule has 0 aromatic heterocycles. The number of hydrogen-bond acceptors (Lipinski definition) is 1. The highest BCUT2D eigenvalue weighted by atomic mass is 15.1. The highest BCUT2D eigenvalue weighted by Gasteiger charge is 2.22. The molecule has 0 atom stereocenters. The fraction of sp³-hybridized carbons (Fsp3) is 0.833. The van der Waals surface area contributed by atoms with Gasteiger partial charge in [-0.2, -0.15) is 0 Å². The number of likely N-dealkylation sites (tertiary alicyclic amines) is 1. The van der Waals surface area contributed by atoms with Crippen LogP contribution < -0.4 is 0 Å². The van der Waals surface area contributed by atoms with Gasteiger partial charge in [-0.1, -0.05) is 19.4 Å². The zero-order valence-electron chi connectivity index (χ0n) is 8.60. The maximum atomic E-state index is 4.29. The molecule has 1 nitrogen and oxygen atoms in total. The van der Waals surface area contributed by atoms with Gasteiger partial charge in [-0.05, 0) is 38.0 Å². The van der Waals surface area contributed by atoms with Crippen molar-refractivity contribution in [3.05, 3.63) is 12.3 Å². The first kappa shape index (κ1) is 9.11. The van der Waals surface area contributed by atoms with Gasteiger partial charge in [-0.3, -0.25) is 0 Å². The maximum absolute atomic E-state index is 4.29. The zero-order valence-corrected chi connectivity index (χ0v) is 8.60. The first-order valence-corrected chi connectivity index (χ1v) is 5.81. The molecule has 0 radical (unpaired) electrons. The van der Waals surface area contributed by atoms with E-state index in [-0.39, 0.29) is 0 Å². The van der Waals surface area contributed by atoms with Crippen LogP contribution in [0.4, 0.5) is 0 Å². The van der Waals surface area contributed by atoms with Gasteiger partial charge in [-0.15, -0.1) is 0 Å². The van der Waals surface area contributed by atoms with Gasteiger partial charge in [-0.25, -0.2) is 0 Å². The molecule has 0 spiro atoms. The van der Waals surface area contributed by atoms with Crippen molar-refractivity contribution < 1.29 is 0 Å². The van der Waals surface area contributed by atoms with E-state index in [2.05, 4.69) is 11.5 Å². The zero-order chi connectivity index (χ0) is 9.10. The van der Waals surface area contributed by atoms with E-state index in [1.807, 2.05) is 0 Å². The van der Waals surface area contributed by atoms with Crippen molar-refractivity contribution in [2.75, 3.05) is 13.1 Å². The normalized spacial score (nSPS) is 25.1. The van der Waals surface area contributed by atoms with Crippen LogP contribution in [0.5, 0.6) is 0 Å². The molecular weight excluding hydrogens is 158 g/mol. The van der Waals surface area contributed by atoms with E-state index >= 15 is 0 Å². The van der Waals surface area contributed by atoms with Crippen molar-refractivity contribution in [2.45, 2.75) is 44.9 Å². The standard InChI is InChI=1S/C12H21N/c1-11(12-7-3-4-8-12)13-9-5-2-6-10-13/h12H,1-10H2. The monoisotopic (exact) mass is 179 g/mol. The Bertz CT molecular complexity index is 174. The lowest BCUT2D eigenvalue weighted by molar-refractivity contribution is 0.257. The predicted molar refractivity (Wildman–Crippen MR) is 56.5 cm³/mol. The van der Waals surface area contributed by atoms with E-state index in [9.17, 15) is 0 Å². The smallest absolute Gasteiger partial charge is 0.0174 e. The number of allylic oxidation sites excluding steroid dienone is 1. The van der Waals surface area contributed by atoms with Crippen LogP contribution in [0.1, 0.15) is 44.9 Å². The second-order valence-corrected chi connectivity index (χ2v) is 4.52. The third-order valence-electron chi connectivity index (χ3n) is 3.59. The van der Waals surface area contributed by atoms with Gasteiger partial charge in [0.1, 0.15) is 0 Å². The highest BCUT2D eigenvalue weighted by molar-refractivity contribution is 5.02. The van der Waals surface area contributed by atoms with Gasteiger partial charge < -0.3 is 4.90 Å². The Kier molecular flexibility index (Phi) is 2.92. The van der Waals surface area contributed by atoms with Gasteiger partial charge in [0.25, 0.3) is 0 Å². The Labute approximate surface area is 81.8 Å². The average Bonchev–Trinajstić information content (AvgIpc) is 2.71. The van der Waals surface area contributed by atoms with Crippen LogP contribution >= 0.6 is 0 Å². The quantitative estimate of drug-likeness (QED) is 0.629. The number of rotatable bonds is 2. The maximum Gasteiger partial charge on any atom is 0.0174 e. The Morgan fingerprint density at radius 2 is 1.54 bits per heavy atom. The molecule has 0 amide bonds. The van der Waals surface area contributed by atoms with Crippen molar-refractivity contribution >= 4 is 0 Å². The molecule has 1 aliphatic carbocycles. The largest absolute Gasteiger partial charge is 0.375 e. The Balaban J connectivity index is 1.87. The number of nitrogens with zero attached hydrogens (tertiary/aromatic N) is 1. The minimum absolute atomic E-state index is 0.832. The summed E-state index contributed by atoms with van der Waals surface area (Å²) in [5, 5.41) is 0. The van der Waals surface area contributed by atoms with Gasteiger partial charge in [0.15, 0.2) is 0 Å². The molecule has 13 heavy (non-hydrogen) atoms. The molecule has 2 rings (SSSR count). The van der Waals surface area contributed by atoms with Gasteiger partial charge >= 0.3 is 0 Å². The van der Waals surface area contributed by atoms with Crippen molar-refractivity contribution in [2.24, 2.45) is 5.92 Å². The lowest BCUT2D eigenvalue weighted by Crippen LogP contribution is -2.31. The fourth-order valence-electron chi connectivity index (χ4n) is 2.70. The van der Waals surface area contributed by atoms with E-state index in [0.717, 1.165) is 5.92 Å². The predicted octanol–water partition coefficient (Wildman–Crippen LogP) is 3.18. The first-order chi connectivity index (χ1) is 6.38. The fourth-order valence-corrected chi connectivity index (χ4v) is 2.70. The second-order valence-electron chi connectivity index (χ2n) is 4.52. The van der Waals surface area contributed by atoms with Crippen LogP contribution in [0.3, 0.4) is 0 Å². The topological polar surface area (TPSA) is 3.24 Å². The average molecular weight is 179 g/mol. The molecule has 2 fully saturated rings. The molecule has 1 aliphatic heterocycles. The van der Waals surface area contributed by atoms with Crippen LogP contribution in [0.25, 0.3) is 0 Å². The molecule has 0 bridgehead atoms. The third-order valence-corrected chi connectivity index (χ3v) is 3.59. The molecule has 74 valence electrons. The second kappa shape index (κ2) is 4.17. The molecule has 1 heterocycles. The number of piperidine rings is 1. The van der Waals surface area contributed by atoms with E-state index in [1.54, 1.807) is 0 Å². The highest BCUT2D eigenvalue weighted by Crippen LogP contribution is 2.32. The third kappa shape index (κ3) is 2.07. The molecule has 0 N–H and O–H groups in total. The van der Waals surface area contributed by atoms with Crippen molar-refractivity contribution in [3.63, 3.8) is 0 Å². The Morgan fingerprint density at radius 1 is 0.923 bits per heavy atom. The molecule has 1 heteroatoms. The molecule has 1 saturated carbocycles. The molecule has 1 saturated heterocycles. The Hall–Kier alpha value is -0.460. The van der Waals surface area contributed by atoms with E-state index in [4.69, 9.17) is 0 Å². The Morgan fingerprint density at radius 3 is 2.15 bits per heavy atom.